The van der Waals surface area contributed by atoms with Crippen LogP contribution in [0.4, 0.5) is 11.4 Å². The molecule has 0 spiro atoms. The molecule has 3 rings (SSSR count). The Kier molecular flexibility index (Phi) is 4.85. The van der Waals surface area contributed by atoms with E-state index in [1.54, 1.807) is 42.3 Å². The Labute approximate surface area is 148 Å². The van der Waals surface area contributed by atoms with Crippen molar-refractivity contribution in [2.45, 2.75) is 12.8 Å². The molecule has 0 unspecified atom stereocenters. The number of nitrogens with zero attached hydrogens (tertiary/aromatic N) is 1. The van der Waals surface area contributed by atoms with E-state index in [0.717, 1.165) is 16.6 Å². The molecule has 1 N–H and O–H groups in total. The molecular weight excluding hydrogens is 372 g/mol. The Morgan fingerprint density at radius 1 is 1.21 bits per heavy atom. The Bertz CT molecular complexity index is 774. The summed E-state index contributed by atoms with van der Waals surface area (Å²) in [5, 5.41) is 2.84. The fourth-order valence-corrected chi connectivity index (χ4v) is 2.95. The van der Waals surface area contributed by atoms with Crippen molar-refractivity contribution in [2.75, 3.05) is 23.9 Å². The van der Waals surface area contributed by atoms with Crippen molar-refractivity contribution < 1.29 is 14.3 Å². The van der Waals surface area contributed by atoms with Gasteiger partial charge in [-0.2, -0.15) is 0 Å². The summed E-state index contributed by atoms with van der Waals surface area (Å²) in [4.78, 5) is 25.9. The lowest BCUT2D eigenvalue weighted by Crippen LogP contribution is -2.24. The van der Waals surface area contributed by atoms with Crippen molar-refractivity contribution in [2.24, 2.45) is 0 Å². The van der Waals surface area contributed by atoms with Crippen LogP contribution >= 0.6 is 15.9 Å². The van der Waals surface area contributed by atoms with Crippen LogP contribution in [0.15, 0.2) is 46.9 Å². The smallest absolute Gasteiger partial charge is 0.255 e. The molecule has 2 aromatic carbocycles. The monoisotopic (exact) mass is 388 g/mol. The predicted molar refractivity (Wildman–Crippen MR) is 96.7 cm³/mol. The van der Waals surface area contributed by atoms with E-state index in [2.05, 4.69) is 21.2 Å². The van der Waals surface area contributed by atoms with Crippen molar-refractivity contribution >= 4 is 39.1 Å². The Balaban J connectivity index is 1.80. The lowest BCUT2D eigenvalue weighted by molar-refractivity contribution is -0.117. The highest BCUT2D eigenvalue weighted by Crippen LogP contribution is 2.34. The fourth-order valence-electron chi connectivity index (χ4n) is 2.69. The number of nitrogens with one attached hydrogen (secondary N) is 1. The van der Waals surface area contributed by atoms with Crippen LogP contribution in [-0.2, 0) is 4.79 Å². The number of benzene rings is 2. The Morgan fingerprint density at radius 2 is 1.96 bits per heavy atom. The SMILES string of the molecule is COc1cc(NC(=O)c2ccc(Br)cc2)ccc1N1CCCC1=O. The summed E-state index contributed by atoms with van der Waals surface area (Å²) in [7, 11) is 1.56. The first-order chi connectivity index (χ1) is 11.6. The molecule has 24 heavy (non-hydrogen) atoms. The van der Waals surface area contributed by atoms with Crippen LogP contribution in [0.3, 0.4) is 0 Å². The van der Waals surface area contributed by atoms with Gasteiger partial charge in [0.2, 0.25) is 5.91 Å². The molecule has 1 fully saturated rings. The third-order valence-corrected chi connectivity index (χ3v) is 4.44. The van der Waals surface area contributed by atoms with Gasteiger partial charge in [0.15, 0.2) is 0 Å². The van der Waals surface area contributed by atoms with Crippen molar-refractivity contribution in [3.8, 4) is 5.75 Å². The van der Waals surface area contributed by atoms with E-state index in [0.29, 0.717) is 30.0 Å². The van der Waals surface area contributed by atoms with Crippen LogP contribution < -0.4 is 15.0 Å². The van der Waals surface area contributed by atoms with E-state index < -0.39 is 0 Å². The van der Waals surface area contributed by atoms with E-state index in [1.807, 2.05) is 12.1 Å². The van der Waals surface area contributed by atoms with Gasteiger partial charge >= 0.3 is 0 Å². The number of carbonyl (C=O) groups excluding carboxylic acids is 2. The number of ether oxygens (including phenoxy) is 1. The molecular formula is C18H17BrN2O3. The second-order valence-electron chi connectivity index (χ2n) is 5.50. The molecule has 0 bridgehead atoms. The molecule has 2 aromatic rings. The summed E-state index contributed by atoms with van der Waals surface area (Å²) in [6, 6.07) is 12.4. The number of methoxy groups -OCH3 is 1. The zero-order valence-corrected chi connectivity index (χ0v) is 14.8. The van der Waals surface area contributed by atoms with Gasteiger partial charge in [0.05, 0.1) is 12.8 Å². The maximum absolute atomic E-state index is 12.3. The predicted octanol–water partition coefficient (Wildman–Crippen LogP) is 3.84. The van der Waals surface area contributed by atoms with E-state index in [9.17, 15) is 9.59 Å². The van der Waals surface area contributed by atoms with Crippen molar-refractivity contribution in [1.82, 2.24) is 0 Å². The van der Waals surface area contributed by atoms with Gasteiger partial charge in [-0.3, -0.25) is 9.59 Å². The third-order valence-electron chi connectivity index (χ3n) is 3.91. The maximum Gasteiger partial charge on any atom is 0.255 e. The number of anilines is 2. The normalized spacial score (nSPS) is 13.9. The second-order valence-corrected chi connectivity index (χ2v) is 6.41. The molecule has 1 heterocycles. The number of halogens is 1. The first-order valence-electron chi connectivity index (χ1n) is 7.64. The topological polar surface area (TPSA) is 58.6 Å². The highest BCUT2D eigenvalue weighted by atomic mass is 79.9. The standard InChI is InChI=1S/C18H17BrN2O3/c1-24-16-11-14(8-9-15(16)21-10-2-3-17(21)22)20-18(23)12-4-6-13(19)7-5-12/h4-9,11H,2-3,10H2,1H3,(H,20,23). The zero-order valence-electron chi connectivity index (χ0n) is 13.2. The summed E-state index contributed by atoms with van der Waals surface area (Å²) >= 11 is 3.34. The molecule has 0 atom stereocenters. The summed E-state index contributed by atoms with van der Waals surface area (Å²) in [5.74, 6) is 0.466. The van der Waals surface area contributed by atoms with Gasteiger partial charge < -0.3 is 15.0 Å². The maximum atomic E-state index is 12.3. The third kappa shape index (κ3) is 3.43. The van der Waals surface area contributed by atoms with Crippen molar-refractivity contribution in [3.05, 3.63) is 52.5 Å². The highest BCUT2D eigenvalue weighted by molar-refractivity contribution is 9.10. The molecule has 0 saturated carbocycles. The van der Waals surface area contributed by atoms with Gasteiger partial charge in [-0.25, -0.2) is 0 Å². The van der Waals surface area contributed by atoms with Crippen LogP contribution in [0.2, 0.25) is 0 Å². The Hall–Kier alpha value is -2.34. The quantitative estimate of drug-likeness (QED) is 0.865. The van der Waals surface area contributed by atoms with Crippen LogP contribution in [0, 0.1) is 0 Å². The lowest BCUT2D eigenvalue weighted by Gasteiger charge is -2.19. The first kappa shape index (κ1) is 16.5. The molecule has 1 aliphatic heterocycles. The average Bonchev–Trinajstić information content (AvgIpc) is 3.01. The summed E-state index contributed by atoms with van der Waals surface area (Å²) in [6.45, 7) is 0.694. The number of amides is 2. The first-order valence-corrected chi connectivity index (χ1v) is 8.43. The van der Waals surface area contributed by atoms with Crippen LogP contribution in [0.1, 0.15) is 23.2 Å². The molecule has 2 amide bonds. The largest absolute Gasteiger partial charge is 0.494 e. The molecule has 5 nitrogen and oxygen atoms in total. The average molecular weight is 389 g/mol. The molecule has 1 aliphatic rings. The van der Waals surface area contributed by atoms with Gasteiger partial charge in [-0.1, -0.05) is 15.9 Å². The molecule has 1 saturated heterocycles. The fraction of sp³-hybridized carbons (Fsp3) is 0.222. The van der Waals surface area contributed by atoms with Gasteiger partial charge in [-0.05, 0) is 42.8 Å². The number of hydrogen-bond acceptors (Lipinski definition) is 3. The van der Waals surface area contributed by atoms with E-state index in [4.69, 9.17) is 4.74 Å². The van der Waals surface area contributed by atoms with Gasteiger partial charge in [0.1, 0.15) is 5.75 Å². The zero-order chi connectivity index (χ0) is 17.1. The highest BCUT2D eigenvalue weighted by Gasteiger charge is 2.24. The summed E-state index contributed by atoms with van der Waals surface area (Å²) in [5.41, 5.74) is 1.92. The summed E-state index contributed by atoms with van der Waals surface area (Å²) < 4.78 is 6.32. The number of rotatable bonds is 4. The minimum Gasteiger partial charge on any atom is -0.494 e. The minimum atomic E-state index is -0.199. The van der Waals surface area contributed by atoms with E-state index in [-0.39, 0.29) is 11.8 Å². The minimum absolute atomic E-state index is 0.0972. The lowest BCUT2D eigenvalue weighted by atomic mass is 10.2. The molecule has 124 valence electrons. The molecule has 6 heteroatoms. The molecule has 0 aliphatic carbocycles. The van der Waals surface area contributed by atoms with Crippen molar-refractivity contribution in [1.29, 1.82) is 0 Å². The summed E-state index contributed by atoms with van der Waals surface area (Å²) in [6.07, 6.45) is 1.41. The van der Waals surface area contributed by atoms with Crippen LogP contribution in [0.5, 0.6) is 5.75 Å². The molecule has 0 radical (unpaired) electrons. The van der Waals surface area contributed by atoms with Gasteiger partial charge in [0.25, 0.3) is 5.91 Å². The number of carbonyl (C=O) groups is 2. The second kappa shape index (κ2) is 7.05. The van der Waals surface area contributed by atoms with Crippen LogP contribution in [0.25, 0.3) is 0 Å². The van der Waals surface area contributed by atoms with E-state index in [1.165, 1.54) is 0 Å². The Morgan fingerprint density at radius 3 is 2.58 bits per heavy atom. The van der Waals surface area contributed by atoms with Crippen LogP contribution in [-0.4, -0.2) is 25.5 Å². The number of hydrogen-bond donors (Lipinski definition) is 1. The molecule has 0 aromatic heterocycles. The van der Waals surface area contributed by atoms with Gasteiger partial charge in [-0.15, -0.1) is 0 Å². The van der Waals surface area contributed by atoms with E-state index >= 15 is 0 Å². The van der Waals surface area contributed by atoms with Gasteiger partial charge in [0, 0.05) is 34.8 Å². The van der Waals surface area contributed by atoms with Crippen molar-refractivity contribution in [3.63, 3.8) is 0 Å².